The topological polar surface area (TPSA) is 112 Å². The van der Waals surface area contributed by atoms with Crippen molar-refractivity contribution >= 4 is 11.9 Å². The van der Waals surface area contributed by atoms with Crippen LogP contribution in [0.3, 0.4) is 0 Å². The van der Waals surface area contributed by atoms with Gasteiger partial charge in [0.2, 0.25) is 0 Å². The van der Waals surface area contributed by atoms with Gasteiger partial charge in [0.1, 0.15) is 5.69 Å². The molecule has 10 heteroatoms. The van der Waals surface area contributed by atoms with Crippen molar-refractivity contribution < 1.29 is 24.2 Å². The number of carboxylic acids is 1. The number of ether oxygens (including phenoxy) is 2. The summed E-state index contributed by atoms with van der Waals surface area (Å²) in [5.41, 5.74) is 2.19. The highest BCUT2D eigenvalue weighted by molar-refractivity contribution is 5.92. The smallest absolute Gasteiger partial charge is 0.305 e. The van der Waals surface area contributed by atoms with Crippen LogP contribution in [0.5, 0.6) is 11.5 Å². The Kier molecular flexibility index (Phi) is 8.06. The zero-order chi connectivity index (χ0) is 23.8. The summed E-state index contributed by atoms with van der Waals surface area (Å²) in [6.07, 6.45) is 3.88. The van der Waals surface area contributed by atoms with E-state index in [4.69, 9.17) is 14.6 Å². The molecule has 0 atom stereocenters. The Morgan fingerprint density at radius 3 is 2.61 bits per heavy atom. The van der Waals surface area contributed by atoms with Crippen LogP contribution >= 0.6 is 0 Å². The summed E-state index contributed by atoms with van der Waals surface area (Å²) in [6.45, 7) is 3.73. The summed E-state index contributed by atoms with van der Waals surface area (Å²) in [5, 5.41) is 17.5. The SMILES string of the molecule is CCn1nccc1CN(CCc1ccc(OC)c(OC)c1)C(=O)c1ccn(CCC(=O)O)n1. The second kappa shape index (κ2) is 11.2. The van der Waals surface area contributed by atoms with Gasteiger partial charge in [0.15, 0.2) is 11.5 Å². The maximum Gasteiger partial charge on any atom is 0.305 e. The van der Waals surface area contributed by atoms with E-state index in [9.17, 15) is 9.59 Å². The first-order valence-electron chi connectivity index (χ1n) is 10.7. The number of amides is 1. The molecule has 176 valence electrons. The van der Waals surface area contributed by atoms with Crippen LogP contribution in [0.2, 0.25) is 0 Å². The quantitative estimate of drug-likeness (QED) is 0.446. The average Bonchev–Trinajstić information content (AvgIpc) is 3.48. The second-order valence-electron chi connectivity index (χ2n) is 7.41. The number of aryl methyl sites for hydroxylation is 2. The minimum Gasteiger partial charge on any atom is -0.493 e. The summed E-state index contributed by atoms with van der Waals surface area (Å²) >= 11 is 0. The van der Waals surface area contributed by atoms with Crippen molar-refractivity contribution in [1.82, 2.24) is 24.5 Å². The molecule has 0 spiro atoms. The van der Waals surface area contributed by atoms with Crippen LogP contribution in [0.1, 0.15) is 35.1 Å². The van der Waals surface area contributed by atoms with Gasteiger partial charge in [0, 0.05) is 25.5 Å². The van der Waals surface area contributed by atoms with Crippen LogP contribution in [0.15, 0.2) is 42.7 Å². The van der Waals surface area contributed by atoms with E-state index in [2.05, 4.69) is 10.2 Å². The van der Waals surface area contributed by atoms with Crippen molar-refractivity contribution in [1.29, 1.82) is 0 Å². The fraction of sp³-hybridized carbons (Fsp3) is 0.391. The molecule has 1 aromatic carbocycles. The summed E-state index contributed by atoms with van der Waals surface area (Å²) in [7, 11) is 3.18. The summed E-state index contributed by atoms with van der Waals surface area (Å²) in [5.74, 6) is 0.137. The lowest BCUT2D eigenvalue weighted by Crippen LogP contribution is -2.33. The Bertz CT molecular complexity index is 1090. The molecule has 3 rings (SSSR count). The fourth-order valence-corrected chi connectivity index (χ4v) is 3.50. The molecule has 33 heavy (non-hydrogen) atoms. The van der Waals surface area contributed by atoms with Crippen LogP contribution < -0.4 is 9.47 Å². The molecule has 0 aliphatic carbocycles. The van der Waals surface area contributed by atoms with Crippen molar-refractivity contribution in [2.24, 2.45) is 0 Å². The molecule has 0 aliphatic rings. The van der Waals surface area contributed by atoms with E-state index >= 15 is 0 Å². The number of rotatable bonds is 12. The maximum atomic E-state index is 13.3. The van der Waals surface area contributed by atoms with Crippen LogP contribution in [0.4, 0.5) is 0 Å². The van der Waals surface area contributed by atoms with Gasteiger partial charge in [-0.15, -0.1) is 0 Å². The van der Waals surface area contributed by atoms with Crippen LogP contribution in [0.25, 0.3) is 0 Å². The first-order valence-corrected chi connectivity index (χ1v) is 10.7. The van der Waals surface area contributed by atoms with Crippen LogP contribution in [-0.4, -0.2) is 62.2 Å². The number of nitrogens with zero attached hydrogens (tertiary/aromatic N) is 5. The first-order chi connectivity index (χ1) is 15.9. The molecule has 1 amide bonds. The fourth-order valence-electron chi connectivity index (χ4n) is 3.50. The highest BCUT2D eigenvalue weighted by Crippen LogP contribution is 2.27. The van der Waals surface area contributed by atoms with Gasteiger partial charge in [0.25, 0.3) is 5.91 Å². The molecule has 0 saturated heterocycles. The van der Waals surface area contributed by atoms with E-state index in [1.807, 2.05) is 35.9 Å². The van der Waals surface area contributed by atoms with Gasteiger partial charge < -0.3 is 19.5 Å². The molecule has 0 fully saturated rings. The molecule has 3 aromatic rings. The Morgan fingerprint density at radius 1 is 1.12 bits per heavy atom. The van der Waals surface area contributed by atoms with Gasteiger partial charge in [-0.2, -0.15) is 10.2 Å². The van der Waals surface area contributed by atoms with E-state index in [0.717, 1.165) is 11.3 Å². The van der Waals surface area contributed by atoms with E-state index in [1.54, 1.807) is 37.6 Å². The Balaban J connectivity index is 1.79. The summed E-state index contributed by atoms with van der Waals surface area (Å²) in [4.78, 5) is 25.9. The Hall–Kier alpha value is -3.82. The number of hydrogen-bond acceptors (Lipinski definition) is 6. The van der Waals surface area contributed by atoms with Crippen LogP contribution in [0, 0.1) is 0 Å². The lowest BCUT2D eigenvalue weighted by molar-refractivity contribution is -0.137. The third kappa shape index (κ3) is 6.12. The average molecular weight is 456 g/mol. The van der Waals surface area contributed by atoms with Gasteiger partial charge in [0.05, 0.1) is 39.4 Å². The molecule has 2 heterocycles. The van der Waals surface area contributed by atoms with Crippen molar-refractivity contribution in [3.8, 4) is 11.5 Å². The molecular weight excluding hydrogens is 426 g/mol. The van der Waals surface area contributed by atoms with Gasteiger partial charge in [-0.1, -0.05) is 6.07 Å². The highest BCUT2D eigenvalue weighted by Gasteiger charge is 2.20. The molecule has 0 aliphatic heterocycles. The summed E-state index contributed by atoms with van der Waals surface area (Å²) in [6, 6.07) is 9.20. The number of carboxylic acid groups (broad SMARTS) is 1. The summed E-state index contributed by atoms with van der Waals surface area (Å²) < 4.78 is 14.0. The second-order valence-corrected chi connectivity index (χ2v) is 7.41. The molecule has 1 N–H and O–H groups in total. The van der Waals surface area contributed by atoms with Crippen molar-refractivity contribution in [2.45, 2.75) is 39.4 Å². The number of aliphatic carboxylic acids is 1. The minimum atomic E-state index is -0.914. The van der Waals surface area contributed by atoms with Crippen molar-refractivity contribution in [3.63, 3.8) is 0 Å². The maximum absolute atomic E-state index is 13.3. The highest BCUT2D eigenvalue weighted by atomic mass is 16.5. The lowest BCUT2D eigenvalue weighted by Gasteiger charge is -2.22. The lowest BCUT2D eigenvalue weighted by atomic mass is 10.1. The molecule has 10 nitrogen and oxygen atoms in total. The van der Waals surface area contributed by atoms with Gasteiger partial charge >= 0.3 is 5.97 Å². The zero-order valence-corrected chi connectivity index (χ0v) is 19.1. The monoisotopic (exact) mass is 455 g/mol. The van der Waals surface area contributed by atoms with Gasteiger partial charge in [-0.3, -0.25) is 19.0 Å². The van der Waals surface area contributed by atoms with E-state index in [1.165, 1.54) is 4.68 Å². The number of hydrogen-bond donors (Lipinski definition) is 1. The normalized spacial score (nSPS) is 10.8. The van der Waals surface area contributed by atoms with Crippen molar-refractivity contribution in [3.05, 3.63) is 59.7 Å². The van der Waals surface area contributed by atoms with E-state index in [0.29, 0.717) is 37.6 Å². The molecule has 0 radical (unpaired) electrons. The Morgan fingerprint density at radius 2 is 1.91 bits per heavy atom. The third-order valence-electron chi connectivity index (χ3n) is 5.28. The molecule has 0 unspecified atom stereocenters. The molecule has 0 saturated carbocycles. The van der Waals surface area contributed by atoms with Crippen molar-refractivity contribution in [2.75, 3.05) is 20.8 Å². The number of methoxy groups -OCH3 is 2. The third-order valence-corrected chi connectivity index (χ3v) is 5.28. The first kappa shape index (κ1) is 23.8. The Labute approximate surface area is 192 Å². The standard InChI is InChI=1S/C23H29N5O5/c1-4-28-18(7-11-24-28)16-26(12-8-17-5-6-20(32-2)21(15-17)33-3)23(31)19-9-13-27(25-19)14-10-22(29)30/h5-7,9,11,13,15H,4,8,10,12,14,16H2,1-3H3,(H,29,30). The number of carbonyl (C=O) groups excluding carboxylic acids is 1. The number of carbonyl (C=O) groups is 2. The van der Waals surface area contributed by atoms with E-state index in [-0.39, 0.29) is 24.6 Å². The van der Waals surface area contributed by atoms with Gasteiger partial charge in [-0.25, -0.2) is 0 Å². The van der Waals surface area contributed by atoms with Crippen LogP contribution in [-0.2, 0) is 30.8 Å². The molecule has 2 aromatic heterocycles. The predicted molar refractivity (Wildman–Crippen MR) is 120 cm³/mol. The predicted octanol–water partition coefficient (Wildman–Crippen LogP) is 2.48. The molecule has 0 bridgehead atoms. The largest absolute Gasteiger partial charge is 0.493 e. The molecular formula is C23H29N5O5. The minimum absolute atomic E-state index is 0.0615. The zero-order valence-electron chi connectivity index (χ0n) is 19.1. The van der Waals surface area contributed by atoms with E-state index < -0.39 is 5.97 Å². The number of aromatic nitrogens is 4. The number of benzene rings is 1. The van der Waals surface area contributed by atoms with Gasteiger partial charge in [-0.05, 0) is 43.2 Å².